The fourth-order valence-corrected chi connectivity index (χ4v) is 8.41. The Morgan fingerprint density at radius 1 is 0.460 bits per heavy atom. The van der Waals surface area contributed by atoms with Crippen molar-refractivity contribution < 1.29 is 4.79 Å². The molecule has 0 bridgehead atoms. The molecule has 50 heavy (non-hydrogen) atoms. The molecule has 0 radical (unpaired) electrons. The third-order valence-electron chi connectivity index (χ3n) is 11.8. The lowest BCUT2D eigenvalue weighted by atomic mass is 9.89. The Balaban J connectivity index is 1.51. The molecule has 0 fully saturated rings. The maximum absolute atomic E-state index is 11.8. The lowest BCUT2D eigenvalue weighted by Gasteiger charge is -2.17. The number of amides is 1. The van der Waals surface area contributed by atoms with Crippen LogP contribution in [0.25, 0.3) is 0 Å². The summed E-state index contributed by atoms with van der Waals surface area (Å²) >= 11 is 0. The van der Waals surface area contributed by atoms with Crippen molar-refractivity contribution in [2.45, 2.75) is 258 Å². The van der Waals surface area contributed by atoms with Gasteiger partial charge in [-0.2, -0.15) is 0 Å². The van der Waals surface area contributed by atoms with Gasteiger partial charge in [0.15, 0.2) is 0 Å². The first kappa shape index (κ1) is 44.8. The highest BCUT2D eigenvalue weighted by Crippen LogP contribution is 2.27. The first-order chi connectivity index (χ1) is 24.7. The van der Waals surface area contributed by atoms with E-state index in [0.717, 1.165) is 18.0 Å². The van der Waals surface area contributed by atoms with Gasteiger partial charge in [0.05, 0.1) is 6.42 Å². The summed E-state index contributed by atoms with van der Waals surface area (Å²) in [4.78, 5) is 11.8. The lowest BCUT2D eigenvalue weighted by molar-refractivity contribution is -0.115. The predicted molar refractivity (Wildman–Crippen MR) is 224 cm³/mol. The normalized spacial score (nSPS) is 12.7. The van der Waals surface area contributed by atoms with Crippen LogP contribution in [0.4, 0.5) is 5.69 Å². The zero-order chi connectivity index (χ0) is 35.6. The van der Waals surface area contributed by atoms with E-state index in [9.17, 15) is 4.79 Å². The number of fused-ring (bicyclic) bond motifs is 1. The van der Waals surface area contributed by atoms with Crippen LogP contribution in [0.2, 0.25) is 0 Å². The summed E-state index contributed by atoms with van der Waals surface area (Å²) in [5.41, 5.74) is 3.63. The van der Waals surface area contributed by atoms with Crippen LogP contribution in [0.5, 0.6) is 0 Å². The van der Waals surface area contributed by atoms with Crippen LogP contribution < -0.4 is 5.32 Å². The summed E-state index contributed by atoms with van der Waals surface area (Å²) in [5, 5.41) is 3.04. The van der Waals surface area contributed by atoms with E-state index < -0.39 is 0 Å². The van der Waals surface area contributed by atoms with Gasteiger partial charge in [-0.25, -0.2) is 0 Å². The van der Waals surface area contributed by atoms with Crippen molar-refractivity contribution in [2.75, 3.05) is 5.32 Å². The van der Waals surface area contributed by atoms with E-state index in [1.807, 2.05) is 0 Å². The zero-order valence-corrected chi connectivity index (χ0v) is 34.1. The first-order valence-electron chi connectivity index (χ1n) is 23.1. The minimum Gasteiger partial charge on any atom is -0.326 e. The van der Waals surface area contributed by atoms with Gasteiger partial charge in [-0.15, -0.1) is 0 Å². The van der Waals surface area contributed by atoms with E-state index in [1.54, 1.807) is 0 Å². The van der Waals surface area contributed by atoms with E-state index in [2.05, 4.69) is 37.4 Å². The third-order valence-corrected chi connectivity index (χ3v) is 11.8. The molecule has 0 unspecified atom stereocenters. The number of aryl methyl sites for hydroxylation is 1. The topological polar surface area (TPSA) is 29.1 Å². The second-order valence-corrected chi connectivity index (χ2v) is 16.7. The summed E-state index contributed by atoms with van der Waals surface area (Å²) in [5.74, 6) is 1.05. The highest BCUT2D eigenvalue weighted by molar-refractivity contribution is 5.99. The smallest absolute Gasteiger partial charge is 0.228 e. The molecule has 1 aromatic rings. The number of carbonyl (C=O) groups excluding carboxylic acids is 1. The van der Waals surface area contributed by atoms with Gasteiger partial charge < -0.3 is 5.32 Å². The second kappa shape index (κ2) is 33.5. The lowest BCUT2D eigenvalue weighted by Crippen LogP contribution is -2.04. The molecule has 2 rings (SSSR count). The fourth-order valence-electron chi connectivity index (χ4n) is 8.41. The average Bonchev–Trinajstić information content (AvgIpc) is 3.50. The van der Waals surface area contributed by atoms with Crippen LogP contribution in [-0.2, 0) is 17.6 Å². The van der Waals surface area contributed by atoms with Gasteiger partial charge >= 0.3 is 0 Å². The predicted octanol–water partition coefficient (Wildman–Crippen LogP) is 16.4. The molecule has 1 aromatic carbocycles. The van der Waals surface area contributed by atoms with Crippen molar-refractivity contribution in [1.29, 1.82) is 0 Å². The first-order valence-corrected chi connectivity index (χ1v) is 23.1. The Morgan fingerprint density at radius 3 is 1.18 bits per heavy atom. The van der Waals surface area contributed by atoms with Gasteiger partial charge in [-0.05, 0) is 36.0 Å². The summed E-state index contributed by atoms with van der Waals surface area (Å²) in [6.45, 7) is 4.62. The highest BCUT2D eigenvalue weighted by Gasteiger charge is 2.17. The molecule has 0 saturated heterocycles. The Kier molecular flexibility index (Phi) is 30.1. The van der Waals surface area contributed by atoms with Crippen LogP contribution in [0.15, 0.2) is 18.2 Å². The average molecular weight is 694 g/mol. The molecule has 1 aliphatic rings. The Bertz CT molecular complexity index is 856. The standard InChI is InChI=1S/C48H87NO/c1-3-5-7-9-11-13-15-17-19-21-23-25-27-29-31-33-36-44(38-35-39-45-40-41-46-43-48(50)49-47(46)42-45)37-34-32-30-28-26-24-22-20-18-16-14-12-10-8-6-4-2/h40-42,44H,3-39,43H2,1-2H3,(H,49,50). The third kappa shape index (κ3) is 25.6. The Hall–Kier alpha value is -1.31. The van der Waals surface area contributed by atoms with Gasteiger partial charge in [0.1, 0.15) is 0 Å². The van der Waals surface area contributed by atoms with Gasteiger partial charge in [0, 0.05) is 5.69 Å². The van der Waals surface area contributed by atoms with Gasteiger partial charge in [-0.1, -0.05) is 251 Å². The van der Waals surface area contributed by atoms with E-state index >= 15 is 0 Å². The number of unbranched alkanes of at least 4 members (excludes halogenated alkanes) is 30. The van der Waals surface area contributed by atoms with Crippen LogP contribution in [0, 0.1) is 5.92 Å². The molecule has 1 N–H and O–H groups in total. The molecule has 1 amide bonds. The summed E-state index contributed by atoms with van der Waals surface area (Å²) in [6, 6.07) is 6.67. The Morgan fingerprint density at radius 2 is 0.800 bits per heavy atom. The maximum atomic E-state index is 11.8. The second-order valence-electron chi connectivity index (χ2n) is 16.7. The van der Waals surface area contributed by atoms with Crippen LogP contribution in [0.3, 0.4) is 0 Å². The van der Waals surface area contributed by atoms with Crippen molar-refractivity contribution in [1.82, 2.24) is 0 Å². The SMILES string of the molecule is CCCCCCCCCCCCCCCCCCC(CCCCCCCCCCCCCCCCCC)CCCc1ccc2c(c1)NC(=O)C2. The fraction of sp³-hybridized carbons (Fsp3) is 0.854. The van der Waals surface area contributed by atoms with Crippen molar-refractivity contribution in [3.63, 3.8) is 0 Å². The van der Waals surface area contributed by atoms with Crippen LogP contribution in [-0.4, -0.2) is 5.91 Å². The number of nitrogens with one attached hydrogen (secondary N) is 1. The van der Waals surface area contributed by atoms with E-state index in [-0.39, 0.29) is 5.91 Å². The van der Waals surface area contributed by atoms with Crippen molar-refractivity contribution in [3.05, 3.63) is 29.3 Å². The van der Waals surface area contributed by atoms with Gasteiger partial charge in [0.25, 0.3) is 0 Å². The molecule has 0 aliphatic carbocycles. The van der Waals surface area contributed by atoms with E-state index in [1.165, 1.54) is 242 Å². The van der Waals surface area contributed by atoms with Crippen molar-refractivity contribution in [3.8, 4) is 0 Å². The van der Waals surface area contributed by atoms with Crippen molar-refractivity contribution >= 4 is 11.6 Å². The Labute approximate surface area is 313 Å². The number of benzene rings is 1. The minimum atomic E-state index is 0.148. The summed E-state index contributed by atoms with van der Waals surface area (Å²) in [7, 11) is 0. The molecule has 1 heterocycles. The molecule has 290 valence electrons. The van der Waals surface area contributed by atoms with Gasteiger partial charge in [0.2, 0.25) is 5.91 Å². The number of anilines is 1. The molecule has 0 atom stereocenters. The summed E-state index contributed by atoms with van der Waals surface area (Å²) < 4.78 is 0. The molecule has 0 saturated carbocycles. The van der Waals surface area contributed by atoms with Crippen LogP contribution in [0.1, 0.15) is 256 Å². The molecule has 2 heteroatoms. The van der Waals surface area contributed by atoms with Crippen molar-refractivity contribution in [2.24, 2.45) is 5.92 Å². The van der Waals surface area contributed by atoms with E-state index in [4.69, 9.17) is 0 Å². The molecule has 0 spiro atoms. The number of rotatable bonds is 38. The number of hydrogen-bond acceptors (Lipinski definition) is 1. The zero-order valence-electron chi connectivity index (χ0n) is 34.1. The largest absolute Gasteiger partial charge is 0.326 e. The molecule has 2 nitrogen and oxygen atoms in total. The van der Waals surface area contributed by atoms with Crippen LogP contribution >= 0.6 is 0 Å². The van der Waals surface area contributed by atoms with E-state index in [0.29, 0.717) is 6.42 Å². The molecule has 0 aromatic heterocycles. The summed E-state index contributed by atoms with van der Waals surface area (Å²) in [6.07, 6.45) is 53.7. The quantitative estimate of drug-likeness (QED) is 0.0686. The minimum absolute atomic E-state index is 0.148. The molecular weight excluding hydrogens is 607 g/mol. The maximum Gasteiger partial charge on any atom is 0.228 e. The number of carbonyl (C=O) groups is 1. The number of hydrogen-bond donors (Lipinski definition) is 1. The monoisotopic (exact) mass is 694 g/mol. The highest BCUT2D eigenvalue weighted by atomic mass is 16.1. The van der Waals surface area contributed by atoms with Gasteiger partial charge in [-0.3, -0.25) is 4.79 Å². The molecule has 1 aliphatic heterocycles. The molecular formula is C48H87NO.